The summed E-state index contributed by atoms with van der Waals surface area (Å²) in [7, 11) is 0. The first-order valence-corrected chi connectivity index (χ1v) is 6.19. The molecule has 0 unspecified atom stereocenters. The van der Waals surface area contributed by atoms with Crippen LogP contribution in [0.1, 0.15) is 22.5 Å². The molecule has 1 aromatic heterocycles. The summed E-state index contributed by atoms with van der Waals surface area (Å²) in [5.41, 5.74) is 6.99. The number of nitrogen functional groups attached to an aromatic ring is 1. The third-order valence-corrected chi connectivity index (χ3v) is 2.67. The topological polar surface area (TPSA) is 65.2 Å². The monoisotopic (exact) mass is 256 g/mol. The Bertz CT molecular complexity index is 541. The molecular weight excluding hydrogens is 240 g/mol. The predicted molar refractivity (Wildman–Crippen MR) is 73.7 cm³/mol. The summed E-state index contributed by atoms with van der Waals surface area (Å²) < 4.78 is 5.15. The molecule has 2 aromatic rings. The van der Waals surface area contributed by atoms with E-state index in [-0.39, 0.29) is 5.69 Å². The molecule has 19 heavy (non-hydrogen) atoms. The molecule has 0 spiro atoms. The van der Waals surface area contributed by atoms with Crippen LogP contribution >= 0.6 is 0 Å². The Morgan fingerprint density at radius 1 is 1.11 bits per heavy atom. The number of anilines is 1. The first-order valence-electron chi connectivity index (χ1n) is 6.19. The van der Waals surface area contributed by atoms with Gasteiger partial charge in [0.15, 0.2) is 5.69 Å². The molecule has 2 N–H and O–H groups in total. The van der Waals surface area contributed by atoms with Gasteiger partial charge in [-0.2, -0.15) is 0 Å². The van der Waals surface area contributed by atoms with Gasteiger partial charge in [0.2, 0.25) is 0 Å². The van der Waals surface area contributed by atoms with Gasteiger partial charge in [-0.1, -0.05) is 36.4 Å². The lowest BCUT2D eigenvalue weighted by Gasteiger charge is -2.05. The Kier molecular flexibility index (Phi) is 4.50. The molecule has 4 nitrogen and oxygen atoms in total. The van der Waals surface area contributed by atoms with Gasteiger partial charge in [0.25, 0.3) is 0 Å². The van der Waals surface area contributed by atoms with Crippen LogP contribution in [0.15, 0.2) is 48.5 Å². The molecule has 98 valence electrons. The summed E-state index contributed by atoms with van der Waals surface area (Å²) in [4.78, 5) is 15.6. The number of carbonyl (C=O) groups is 1. The molecule has 0 fully saturated rings. The highest BCUT2D eigenvalue weighted by Crippen LogP contribution is 2.05. The molecule has 0 bridgehead atoms. The smallest absolute Gasteiger partial charge is 0.357 e. The lowest BCUT2D eigenvalue weighted by atomic mass is 10.1. The molecule has 0 radical (unpaired) electrons. The summed E-state index contributed by atoms with van der Waals surface area (Å²) in [6, 6.07) is 15.0. The second-order valence-electron chi connectivity index (χ2n) is 4.17. The molecule has 0 saturated heterocycles. The van der Waals surface area contributed by atoms with Gasteiger partial charge in [-0.25, -0.2) is 9.78 Å². The second kappa shape index (κ2) is 6.54. The van der Waals surface area contributed by atoms with E-state index >= 15 is 0 Å². The van der Waals surface area contributed by atoms with E-state index in [2.05, 4.69) is 17.1 Å². The molecule has 0 aliphatic carbocycles. The molecule has 0 aliphatic rings. The molecular formula is C15H16N2O2. The SMILES string of the molecule is Nc1cccc(C(=O)OCCCc2ccccc2)n1. The maximum atomic E-state index is 11.7. The third-order valence-electron chi connectivity index (χ3n) is 2.67. The van der Waals surface area contributed by atoms with Crippen molar-refractivity contribution in [3.05, 3.63) is 59.8 Å². The van der Waals surface area contributed by atoms with E-state index in [0.29, 0.717) is 12.4 Å². The summed E-state index contributed by atoms with van der Waals surface area (Å²) in [6.45, 7) is 0.379. The number of esters is 1. The van der Waals surface area contributed by atoms with Crippen molar-refractivity contribution in [1.82, 2.24) is 4.98 Å². The Balaban J connectivity index is 1.75. The quantitative estimate of drug-likeness (QED) is 0.659. The number of nitrogens with zero attached hydrogens (tertiary/aromatic N) is 1. The Hall–Kier alpha value is -2.36. The largest absolute Gasteiger partial charge is 0.461 e. The molecule has 4 heteroatoms. The maximum absolute atomic E-state index is 11.7. The van der Waals surface area contributed by atoms with E-state index < -0.39 is 5.97 Å². The lowest BCUT2D eigenvalue weighted by molar-refractivity contribution is 0.0494. The number of hydrogen-bond acceptors (Lipinski definition) is 4. The van der Waals surface area contributed by atoms with Crippen molar-refractivity contribution in [2.24, 2.45) is 0 Å². The zero-order valence-electron chi connectivity index (χ0n) is 10.6. The third kappa shape index (κ3) is 4.10. The van der Waals surface area contributed by atoms with Crippen molar-refractivity contribution in [3.63, 3.8) is 0 Å². The number of benzene rings is 1. The van der Waals surface area contributed by atoms with Gasteiger partial charge in [0, 0.05) is 0 Å². The van der Waals surface area contributed by atoms with Gasteiger partial charge in [0.05, 0.1) is 6.61 Å². The standard InChI is InChI=1S/C15H16N2O2/c16-14-10-4-9-13(17-14)15(18)19-11-5-8-12-6-2-1-3-7-12/h1-4,6-7,9-10H,5,8,11H2,(H2,16,17). The van der Waals surface area contributed by atoms with Crippen LogP contribution in [-0.4, -0.2) is 17.6 Å². The van der Waals surface area contributed by atoms with E-state index in [9.17, 15) is 4.79 Å². The molecule has 0 atom stereocenters. The van der Waals surface area contributed by atoms with Gasteiger partial charge in [-0.15, -0.1) is 0 Å². The maximum Gasteiger partial charge on any atom is 0.357 e. The Morgan fingerprint density at radius 2 is 1.89 bits per heavy atom. The van der Waals surface area contributed by atoms with Gasteiger partial charge in [-0.3, -0.25) is 0 Å². The van der Waals surface area contributed by atoms with E-state index in [0.717, 1.165) is 12.8 Å². The van der Waals surface area contributed by atoms with Crippen LogP contribution in [0.3, 0.4) is 0 Å². The Morgan fingerprint density at radius 3 is 2.63 bits per heavy atom. The number of carbonyl (C=O) groups excluding carboxylic acids is 1. The molecule has 1 aromatic carbocycles. The number of aromatic nitrogens is 1. The van der Waals surface area contributed by atoms with Crippen LogP contribution in [0, 0.1) is 0 Å². The highest BCUT2D eigenvalue weighted by Gasteiger charge is 2.08. The number of hydrogen-bond donors (Lipinski definition) is 1. The van der Waals surface area contributed by atoms with Gasteiger partial charge >= 0.3 is 5.97 Å². The lowest BCUT2D eigenvalue weighted by Crippen LogP contribution is -2.09. The zero-order valence-corrected chi connectivity index (χ0v) is 10.6. The number of pyridine rings is 1. The first kappa shape index (κ1) is 13.1. The molecule has 1 heterocycles. The minimum atomic E-state index is -0.430. The number of ether oxygens (including phenoxy) is 1. The molecule has 0 saturated carbocycles. The van der Waals surface area contributed by atoms with E-state index in [1.54, 1.807) is 18.2 Å². The van der Waals surface area contributed by atoms with Crippen molar-refractivity contribution in [2.75, 3.05) is 12.3 Å². The van der Waals surface area contributed by atoms with Crippen LogP contribution in [0.5, 0.6) is 0 Å². The fourth-order valence-electron chi connectivity index (χ4n) is 1.72. The van der Waals surface area contributed by atoms with E-state index in [1.165, 1.54) is 5.56 Å². The molecule has 2 rings (SSSR count). The molecule has 0 amide bonds. The first-order chi connectivity index (χ1) is 9.25. The number of rotatable bonds is 5. The average Bonchev–Trinajstić information content (AvgIpc) is 2.44. The summed E-state index contributed by atoms with van der Waals surface area (Å²) in [5.74, 6) is -0.112. The summed E-state index contributed by atoms with van der Waals surface area (Å²) in [6.07, 6.45) is 1.68. The van der Waals surface area contributed by atoms with Crippen LogP contribution in [0.25, 0.3) is 0 Å². The van der Waals surface area contributed by atoms with Crippen molar-refractivity contribution < 1.29 is 9.53 Å². The zero-order chi connectivity index (χ0) is 13.5. The minimum absolute atomic E-state index is 0.250. The van der Waals surface area contributed by atoms with Crippen molar-refractivity contribution in [2.45, 2.75) is 12.8 Å². The number of nitrogens with two attached hydrogens (primary N) is 1. The summed E-state index contributed by atoms with van der Waals surface area (Å²) in [5, 5.41) is 0. The Labute approximate surface area is 112 Å². The van der Waals surface area contributed by atoms with Crippen LogP contribution in [-0.2, 0) is 11.2 Å². The average molecular weight is 256 g/mol. The van der Waals surface area contributed by atoms with E-state index in [1.807, 2.05) is 18.2 Å². The van der Waals surface area contributed by atoms with Gasteiger partial charge in [0.1, 0.15) is 5.82 Å². The van der Waals surface area contributed by atoms with Crippen LogP contribution in [0.4, 0.5) is 5.82 Å². The number of aryl methyl sites for hydroxylation is 1. The van der Waals surface area contributed by atoms with E-state index in [4.69, 9.17) is 10.5 Å². The normalized spacial score (nSPS) is 10.1. The van der Waals surface area contributed by atoms with Crippen molar-refractivity contribution in [3.8, 4) is 0 Å². The van der Waals surface area contributed by atoms with Gasteiger partial charge < -0.3 is 10.5 Å². The van der Waals surface area contributed by atoms with Crippen molar-refractivity contribution >= 4 is 11.8 Å². The van der Waals surface area contributed by atoms with Crippen LogP contribution in [0.2, 0.25) is 0 Å². The van der Waals surface area contributed by atoms with Gasteiger partial charge in [-0.05, 0) is 30.5 Å². The van der Waals surface area contributed by atoms with Crippen LogP contribution < -0.4 is 5.73 Å². The fourth-order valence-corrected chi connectivity index (χ4v) is 1.72. The second-order valence-corrected chi connectivity index (χ2v) is 4.17. The molecule has 0 aliphatic heterocycles. The fraction of sp³-hybridized carbons (Fsp3) is 0.200. The van der Waals surface area contributed by atoms with Crippen molar-refractivity contribution in [1.29, 1.82) is 0 Å². The summed E-state index contributed by atoms with van der Waals surface area (Å²) >= 11 is 0. The minimum Gasteiger partial charge on any atom is -0.461 e. The highest BCUT2D eigenvalue weighted by molar-refractivity contribution is 5.87. The highest BCUT2D eigenvalue weighted by atomic mass is 16.5. The predicted octanol–water partition coefficient (Wildman–Crippen LogP) is 2.45.